The predicted molar refractivity (Wildman–Crippen MR) is 111 cm³/mol. The smallest absolute Gasteiger partial charge is 0.328 e. The molecule has 4 nitrogen and oxygen atoms in total. The maximum absolute atomic E-state index is 11.8. The fraction of sp³-hybridized carbons (Fsp3) is 0.0833. The first-order valence-corrected chi connectivity index (χ1v) is 8.96. The van der Waals surface area contributed by atoms with Gasteiger partial charge in [0.1, 0.15) is 0 Å². The van der Waals surface area contributed by atoms with Crippen LogP contribution in [0.4, 0.5) is 0 Å². The average molecular weight is 371 g/mol. The summed E-state index contributed by atoms with van der Waals surface area (Å²) < 4.78 is 0. The molecule has 0 aliphatic carbocycles. The second kappa shape index (κ2) is 8.82. The first-order valence-electron chi connectivity index (χ1n) is 8.96. The Kier molecular flexibility index (Phi) is 6.02. The van der Waals surface area contributed by atoms with Crippen LogP contribution in [-0.4, -0.2) is 17.0 Å². The van der Waals surface area contributed by atoms with E-state index in [4.69, 9.17) is 5.11 Å². The zero-order valence-electron chi connectivity index (χ0n) is 15.5. The van der Waals surface area contributed by atoms with E-state index in [0.29, 0.717) is 0 Å². The molecule has 4 heteroatoms. The van der Waals surface area contributed by atoms with Crippen molar-refractivity contribution in [1.29, 1.82) is 0 Å². The van der Waals surface area contributed by atoms with E-state index < -0.39 is 5.97 Å². The summed E-state index contributed by atoms with van der Waals surface area (Å²) in [7, 11) is 0. The van der Waals surface area contributed by atoms with Gasteiger partial charge in [-0.2, -0.15) is 0 Å². The van der Waals surface area contributed by atoms with Crippen LogP contribution in [0.3, 0.4) is 0 Å². The molecule has 3 aromatic rings. The van der Waals surface area contributed by atoms with Gasteiger partial charge in [-0.05, 0) is 40.0 Å². The summed E-state index contributed by atoms with van der Waals surface area (Å²) in [5, 5.41) is 11.8. The number of rotatable bonds is 6. The van der Waals surface area contributed by atoms with Crippen LogP contribution in [0.2, 0.25) is 0 Å². The van der Waals surface area contributed by atoms with E-state index in [2.05, 4.69) is 17.4 Å². The highest BCUT2D eigenvalue weighted by Gasteiger charge is 2.15. The molecule has 0 heterocycles. The van der Waals surface area contributed by atoms with Gasteiger partial charge >= 0.3 is 5.97 Å². The third kappa shape index (κ3) is 4.95. The second-order valence-corrected chi connectivity index (χ2v) is 6.46. The maximum Gasteiger partial charge on any atom is 0.328 e. The minimum absolute atomic E-state index is 0.136. The minimum atomic E-state index is -1.000. The summed E-state index contributed by atoms with van der Waals surface area (Å²) in [5.41, 5.74) is 4.83. The van der Waals surface area contributed by atoms with Gasteiger partial charge in [0.2, 0.25) is 5.91 Å². The second-order valence-electron chi connectivity index (χ2n) is 6.46. The van der Waals surface area contributed by atoms with Gasteiger partial charge in [0.25, 0.3) is 0 Å². The molecule has 0 aromatic heterocycles. The number of carbonyl (C=O) groups excluding carboxylic acids is 1. The number of carboxylic acids is 1. The lowest BCUT2D eigenvalue weighted by atomic mass is 9.95. The predicted octanol–water partition coefficient (Wildman–Crippen LogP) is 4.68. The first kappa shape index (κ1) is 19.1. The van der Waals surface area contributed by atoms with Gasteiger partial charge in [-0.3, -0.25) is 4.79 Å². The summed E-state index contributed by atoms with van der Waals surface area (Å²) in [6.45, 7) is 1.49. The molecule has 1 amide bonds. The van der Waals surface area contributed by atoms with Gasteiger partial charge in [0.05, 0.1) is 6.04 Å². The van der Waals surface area contributed by atoms with Crippen LogP contribution >= 0.6 is 0 Å². The highest BCUT2D eigenvalue weighted by molar-refractivity contribution is 5.85. The van der Waals surface area contributed by atoms with E-state index in [1.807, 2.05) is 66.7 Å². The van der Waals surface area contributed by atoms with Gasteiger partial charge in [-0.15, -0.1) is 0 Å². The number of carbonyl (C=O) groups is 2. The van der Waals surface area contributed by atoms with Crippen molar-refractivity contribution in [2.45, 2.75) is 13.0 Å². The van der Waals surface area contributed by atoms with Crippen LogP contribution < -0.4 is 5.32 Å². The number of amides is 1. The van der Waals surface area contributed by atoms with Crippen LogP contribution in [0.25, 0.3) is 17.2 Å². The Balaban J connectivity index is 1.93. The third-order valence-corrected chi connectivity index (χ3v) is 4.36. The van der Waals surface area contributed by atoms with Crippen LogP contribution in [0.15, 0.2) is 84.9 Å². The Morgan fingerprint density at radius 1 is 0.857 bits per heavy atom. The molecular weight excluding hydrogens is 350 g/mol. The van der Waals surface area contributed by atoms with Crippen molar-refractivity contribution in [3.05, 3.63) is 102 Å². The molecule has 0 saturated carbocycles. The molecule has 0 radical (unpaired) electrons. The highest BCUT2D eigenvalue weighted by Crippen LogP contribution is 2.26. The van der Waals surface area contributed by atoms with Crippen LogP contribution in [0, 0.1) is 0 Å². The van der Waals surface area contributed by atoms with Gasteiger partial charge in [-0.1, -0.05) is 72.8 Å². The van der Waals surface area contributed by atoms with Crippen molar-refractivity contribution in [3.8, 4) is 11.1 Å². The van der Waals surface area contributed by atoms with Crippen molar-refractivity contribution in [3.63, 3.8) is 0 Å². The Morgan fingerprint density at radius 2 is 1.54 bits per heavy atom. The fourth-order valence-corrected chi connectivity index (χ4v) is 3.07. The number of hydrogen-bond donors (Lipinski definition) is 2. The molecule has 2 N–H and O–H groups in total. The van der Waals surface area contributed by atoms with Crippen LogP contribution in [0.5, 0.6) is 0 Å². The molecule has 1 unspecified atom stereocenters. The molecule has 28 heavy (non-hydrogen) atoms. The van der Waals surface area contributed by atoms with E-state index in [1.165, 1.54) is 13.0 Å². The maximum atomic E-state index is 11.8. The number of carboxylic acid groups (broad SMARTS) is 1. The molecule has 0 saturated heterocycles. The fourth-order valence-electron chi connectivity index (χ4n) is 3.07. The SMILES string of the molecule is CC(=O)NC(c1ccc(-c2ccccc2)cc1)c1cccc(/C=C/C(=O)O)c1. The molecule has 0 bridgehead atoms. The topological polar surface area (TPSA) is 66.4 Å². The molecule has 3 rings (SSSR count). The Bertz CT molecular complexity index is 992. The Hall–Kier alpha value is -3.66. The summed E-state index contributed by atoms with van der Waals surface area (Å²) in [6, 6.07) is 25.3. The number of hydrogen-bond acceptors (Lipinski definition) is 2. The van der Waals surface area contributed by atoms with Crippen molar-refractivity contribution < 1.29 is 14.7 Å². The molecule has 1 atom stereocenters. The molecular formula is C24H21NO3. The first-order chi connectivity index (χ1) is 13.5. The van der Waals surface area contributed by atoms with E-state index in [0.717, 1.165) is 33.9 Å². The van der Waals surface area contributed by atoms with Crippen LogP contribution in [-0.2, 0) is 9.59 Å². The summed E-state index contributed by atoms with van der Waals surface area (Å²) in [5.74, 6) is -1.14. The van der Waals surface area contributed by atoms with Crippen molar-refractivity contribution in [2.24, 2.45) is 0 Å². The zero-order valence-corrected chi connectivity index (χ0v) is 15.5. The monoisotopic (exact) mass is 371 g/mol. The average Bonchev–Trinajstić information content (AvgIpc) is 2.71. The van der Waals surface area contributed by atoms with E-state index >= 15 is 0 Å². The number of aliphatic carboxylic acids is 1. The molecule has 0 aliphatic rings. The van der Waals surface area contributed by atoms with Gasteiger partial charge in [0, 0.05) is 13.0 Å². The van der Waals surface area contributed by atoms with E-state index in [1.54, 1.807) is 0 Å². The third-order valence-electron chi connectivity index (χ3n) is 4.36. The lowest BCUT2D eigenvalue weighted by molar-refractivity contribution is -0.131. The van der Waals surface area contributed by atoms with Gasteiger partial charge in [-0.25, -0.2) is 4.79 Å². The van der Waals surface area contributed by atoms with Crippen molar-refractivity contribution in [2.75, 3.05) is 0 Å². The zero-order chi connectivity index (χ0) is 19.9. The van der Waals surface area contributed by atoms with Crippen molar-refractivity contribution in [1.82, 2.24) is 5.32 Å². The van der Waals surface area contributed by atoms with E-state index in [9.17, 15) is 9.59 Å². The van der Waals surface area contributed by atoms with E-state index in [-0.39, 0.29) is 11.9 Å². The van der Waals surface area contributed by atoms with Gasteiger partial charge < -0.3 is 10.4 Å². The standard InChI is InChI=1S/C24H21NO3/c1-17(26)25-24(22-9-5-6-18(16-22)10-15-23(27)28)21-13-11-20(12-14-21)19-7-3-2-4-8-19/h2-16,24H,1H3,(H,25,26)(H,27,28)/b15-10+. The minimum Gasteiger partial charge on any atom is -0.478 e. The quantitative estimate of drug-likeness (QED) is 0.619. The molecule has 0 fully saturated rings. The largest absolute Gasteiger partial charge is 0.478 e. The normalized spacial score (nSPS) is 11.9. The van der Waals surface area contributed by atoms with Crippen LogP contribution in [0.1, 0.15) is 29.7 Å². The molecule has 0 spiro atoms. The molecule has 3 aromatic carbocycles. The highest BCUT2D eigenvalue weighted by atomic mass is 16.4. The lowest BCUT2D eigenvalue weighted by Crippen LogP contribution is -2.26. The summed E-state index contributed by atoms with van der Waals surface area (Å²) in [4.78, 5) is 22.5. The lowest BCUT2D eigenvalue weighted by Gasteiger charge is -2.20. The Labute approximate surface area is 164 Å². The van der Waals surface area contributed by atoms with Crippen molar-refractivity contribution >= 4 is 18.0 Å². The molecule has 0 aliphatic heterocycles. The Morgan fingerprint density at radius 3 is 2.18 bits per heavy atom. The summed E-state index contributed by atoms with van der Waals surface area (Å²) >= 11 is 0. The summed E-state index contributed by atoms with van der Waals surface area (Å²) in [6.07, 6.45) is 2.64. The van der Waals surface area contributed by atoms with Gasteiger partial charge in [0.15, 0.2) is 0 Å². The number of benzene rings is 3. The number of nitrogens with one attached hydrogen (secondary N) is 1. The molecule has 140 valence electrons.